The normalized spacial score (nSPS) is 17.3. The van der Waals surface area contributed by atoms with Crippen molar-refractivity contribution in [2.75, 3.05) is 6.54 Å². The molecule has 0 radical (unpaired) electrons. The number of Topliss-reactive ketones (excluding diaryl/α,β-unsaturated/α-hetero) is 1. The van der Waals surface area contributed by atoms with E-state index in [1.165, 1.54) is 11.8 Å². The molecule has 0 bridgehead atoms. The van der Waals surface area contributed by atoms with Crippen LogP contribution in [0.25, 0.3) is 10.9 Å². The lowest BCUT2D eigenvalue weighted by Gasteiger charge is -2.24. The molecule has 0 spiro atoms. The number of ether oxygens (including phenoxy) is 1. The van der Waals surface area contributed by atoms with Gasteiger partial charge in [-0.1, -0.05) is 66.7 Å². The highest BCUT2D eigenvalue weighted by Gasteiger charge is 2.42. The molecule has 0 saturated carbocycles. The van der Waals surface area contributed by atoms with E-state index >= 15 is 0 Å². The monoisotopic (exact) mass is 538 g/mol. The van der Waals surface area contributed by atoms with Crippen LogP contribution in [0.4, 0.5) is 0 Å². The third kappa shape index (κ3) is 6.04. The van der Waals surface area contributed by atoms with E-state index in [4.69, 9.17) is 4.74 Å². The summed E-state index contributed by atoms with van der Waals surface area (Å²) in [6, 6.07) is 25.7. The molecular weight excluding hydrogens is 508 g/mol. The van der Waals surface area contributed by atoms with Gasteiger partial charge >= 0.3 is 0 Å². The van der Waals surface area contributed by atoms with E-state index < -0.39 is 35.8 Å². The molecular formula is C31H30N4O5. The van der Waals surface area contributed by atoms with Crippen LogP contribution in [0.5, 0.6) is 5.75 Å². The third-order valence-corrected chi connectivity index (χ3v) is 6.90. The fourth-order valence-corrected chi connectivity index (χ4v) is 4.83. The smallest absolute Gasteiger partial charge is 0.289 e. The minimum atomic E-state index is -1.08. The molecule has 3 amide bonds. The lowest BCUT2D eigenvalue weighted by Crippen LogP contribution is -2.52. The Balaban J connectivity index is 1.28. The molecule has 4 aromatic rings. The molecule has 9 nitrogen and oxygen atoms in total. The van der Waals surface area contributed by atoms with E-state index in [2.05, 4.69) is 15.6 Å². The Labute approximate surface area is 231 Å². The molecule has 1 unspecified atom stereocenters. The van der Waals surface area contributed by atoms with Crippen molar-refractivity contribution < 1.29 is 23.9 Å². The summed E-state index contributed by atoms with van der Waals surface area (Å²) in [7, 11) is 0. The molecule has 3 N–H and O–H groups in total. The molecule has 3 aromatic carbocycles. The van der Waals surface area contributed by atoms with E-state index in [0.29, 0.717) is 11.4 Å². The zero-order chi connectivity index (χ0) is 28.1. The second-order valence-electron chi connectivity index (χ2n) is 9.79. The number of amides is 3. The van der Waals surface area contributed by atoms with E-state index in [1.807, 2.05) is 84.9 Å². The van der Waals surface area contributed by atoms with Crippen LogP contribution in [-0.4, -0.2) is 58.1 Å². The largest absolute Gasteiger partial charge is 0.488 e. The van der Waals surface area contributed by atoms with Gasteiger partial charge in [-0.05, 0) is 36.8 Å². The topological polar surface area (TPSA) is 121 Å². The zero-order valence-electron chi connectivity index (χ0n) is 22.0. The van der Waals surface area contributed by atoms with Gasteiger partial charge in [0.05, 0.1) is 12.6 Å². The zero-order valence-corrected chi connectivity index (χ0v) is 22.0. The summed E-state index contributed by atoms with van der Waals surface area (Å²) in [5.41, 5.74) is 2.01. The fourth-order valence-electron chi connectivity index (χ4n) is 4.83. The van der Waals surface area contributed by atoms with Crippen molar-refractivity contribution in [2.24, 2.45) is 0 Å². The summed E-state index contributed by atoms with van der Waals surface area (Å²) < 4.78 is 6.08. The Morgan fingerprint density at radius 2 is 1.62 bits per heavy atom. The van der Waals surface area contributed by atoms with Crippen molar-refractivity contribution in [3.05, 3.63) is 102 Å². The maximum absolute atomic E-state index is 13.6. The van der Waals surface area contributed by atoms with Crippen LogP contribution in [0.3, 0.4) is 0 Å². The SMILES string of the molecule is CC(NC(=O)[C@@H]1C[C@@H](Oc2ccccc2)CN1C(=O)c1cc2ccccc2[nH]1)C(=O)C(=O)NCc1ccccc1. The first kappa shape index (κ1) is 26.7. The second-order valence-corrected chi connectivity index (χ2v) is 9.79. The van der Waals surface area contributed by atoms with Crippen LogP contribution in [-0.2, 0) is 20.9 Å². The molecule has 40 heavy (non-hydrogen) atoms. The van der Waals surface area contributed by atoms with Crippen molar-refractivity contribution in [1.82, 2.24) is 20.5 Å². The Morgan fingerprint density at radius 1 is 0.950 bits per heavy atom. The number of carbonyl (C=O) groups is 4. The van der Waals surface area contributed by atoms with Crippen molar-refractivity contribution >= 4 is 34.4 Å². The summed E-state index contributed by atoms with van der Waals surface area (Å²) in [4.78, 5) is 56.8. The van der Waals surface area contributed by atoms with Gasteiger partial charge in [-0.15, -0.1) is 0 Å². The quantitative estimate of drug-likeness (QED) is 0.283. The predicted octanol–water partition coefficient (Wildman–Crippen LogP) is 3.22. The molecule has 5 rings (SSSR count). The van der Waals surface area contributed by atoms with Crippen LogP contribution < -0.4 is 15.4 Å². The van der Waals surface area contributed by atoms with E-state index in [0.717, 1.165) is 16.5 Å². The average Bonchev–Trinajstić information content (AvgIpc) is 3.61. The van der Waals surface area contributed by atoms with Gasteiger partial charge in [-0.2, -0.15) is 0 Å². The second kappa shape index (κ2) is 11.9. The summed E-state index contributed by atoms with van der Waals surface area (Å²) in [5.74, 6) is -1.81. The number of hydrogen-bond donors (Lipinski definition) is 3. The number of benzene rings is 3. The Kier molecular flexibility index (Phi) is 7.91. The molecule has 2 heterocycles. The minimum absolute atomic E-state index is 0.182. The minimum Gasteiger partial charge on any atom is -0.488 e. The number of aromatic nitrogens is 1. The number of H-pyrrole nitrogens is 1. The maximum atomic E-state index is 13.6. The number of ketones is 1. The molecule has 1 aliphatic heterocycles. The molecule has 1 aliphatic rings. The Hall–Kier alpha value is -4.92. The average molecular weight is 539 g/mol. The van der Waals surface area contributed by atoms with Crippen LogP contribution in [0.2, 0.25) is 0 Å². The van der Waals surface area contributed by atoms with Crippen LogP contribution in [0.15, 0.2) is 91.0 Å². The molecule has 1 aromatic heterocycles. The highest BCUT2D eigenvalue weighted by molar-refractivity contribution is 6.38. The van der Waals surface area contributed by atoms with Crippen molar-refractivity contribution in [1.29, 1.82) is 0 Å². The van der Waals surface area contributed by atoms with E-state index in [1.54, 1.807) is 6.07 Å². The van der Waals surface area contributed by atoms with E-state index in [-0.39, 0.29) is 25.4 Å². The summed E-state index contributed by atoms with van der Waals surface area (Å²) in [6.45, 7) is 1.83. The van der Waals surface area contributed by atoms with Gasteiger partial charge in [0.15, 0.2) is 0 Å². The van der Waals surface area contributed by atoms with Gasteiger partial charge in [0, 0.05) is 23.9 Å². The molecule has 0 aliphatic carbocycles. The number of rotatable bonds is 9. The van der Waals surface area contributed by atoms with Crippen LogP contribution in [0, 0.1) is 0 Å². The van der Waals surface area contributed by atoms with Crippen molar-refractivity contribution in [3.8, 4) is 5.75 Å². The molecule has 9 heteroatoms. The lowest BCUT2D eigenvalue weighted by molar-refractivity contribution is -0.140. The van der Waals surface area contributed by atoms with Gasteiger partial charge in [-0.25, -0.2) is 0 Å². The summed E-state index contributed by atoms with van der Waals surface area (Å²) in [6.07, 6.45) is -0.208. The standard InChI is InChI=1S/C31H30N4O5/c1-20(28(36)30(38)32-18-21-10-4-2-5-11-21)33-29(37)27-17-24(40-23-13-6-3-7-14-23)19-35(27)31(39)26-16-22-12-8-9-15-25(22)34-26/h2-16,20,24,27,34H,17-19H2,1H3,(H,32,38)(H,33,37)/t20?,24-,27+/m1/s1. The first-order chi connectivity index (χ1) is 19.4. The summed E-state index contributed by atoms with van der Waals surface area (Å²) in [5, 5.41) is 6.11. The first-order valence-electron chi connectivity index (χ1n) is 13.2. The molecule has 1 saturated heterocycles. The third-order valence-electron chi connectivity index (χ3n) is 6.90. The molecule has 3 atom stereocenters. The Bertz CT molecular complexity index is 1490. The van der Waals surface area contributed by atoms with Crippen molar-refractivity contribution in [3.63, 3.8) is 0 Å². The fraction of sp³-hybridized carbons (Fsp3) is 0.226. The van der Waals surface area contributed by atoms with Crippen LogP contribution >= 0.6 is 0 Å². The van der Waals surface area contributed by atoms with Gasteiger partial charge in [0.1, 0.15) is 23.6 Å². The molecule has 204 valence electrons. The number of likely N-dealkylation sites (tertiary alicyclic amines) is 1. The lowest BCUT2D eigenvalue weighted by atomic mass is 10.1. The Morgan fingerprint density at radius 3 is 2.35 bits per heavy atom. The van der Waals surface area contributed by atoms with Crippen molar-refractivity contribution in [2.45, 2.75) is 38.1 Å². The van der Waals surface area contributed by atoms with Gasteiger partial charge in [0.2, 0.25) is 11.7 Å². The summed E-state index contributed by atoms with van der Waals surface area (Å²) >= 11 is 0. The number of carbonyl (C=O) groups excluding carboxylic acids is 4. The first-order valence-corrected chi connectivity index (χ1v) is 13.2. The number of fused-ring (bicyclic) bond motifs is 1. The van der Waals surface area contributed by atoms with E-state index in [9.17, 15) is 19.2 Å². The highest BCUT2D eigenvalue weighted by Crippen LogP contribution is 2.26. The van der Waals surface area contributed by atoms with Gasteiger partial charge in [-0.3, -0.25) is 19.2 Å². The van der Waals surface area contributed by atoms with Gasteiger partial charge in [0.25, 0.3) is 11.8 Å². The maximum Gasteiger partial charge on any atom is 0.289 e. The number of hydrogen-bond acceptors (Lipinski definition) is 5. The number of nitrogens with zero attached hydrogens (tertiary/aromatic N) is 1. The van der Waals surface area contributed by atoms with Crippen LogP contribution in [0.1, 0.15) is 29.4 Å². The van der Waals surface area contributed by atoms with Gasteiger partial charge < -0.3 is 25.3 Å². The predicted molar refractivity (Wildman–Crippen MR) is 149 cm³/mol. The molecule has 1 fully saturated rings. The highest BCUT2D eigenvalue weighted by atomic mass is 16.5. The number of para-hydroxylation sites is 2. The number of aromatic amines is 1. The number of nitrogens with one attached hydrogen (secondary N) is 3.